The molecule has 0 bridgehead atoms. The molecule has 6 nitrogen and oxygen atoms in total. The van der Waals surface area contributed by atoms with E-state index in [0.717, 1.165) is 22.3 Å². The van der Waals surface area contributed by atoms with Crippen molar-refractivity contribution in [1.82, 2.24) is 9.88 Å². The van der Waals surface area contributed by atoms with Gasteiger partial charge in [-0.2, -0.15) is 13.2 Å². The van der Waals surface area contributed by atoms with Gasteiger partial charge in [0.25, 0.3) is 5.91 Å². The van der Waals surface area contributed by atoms with Gasteiger partial charge in [0.1, 0.15) is 0 Å². The lowest BCUT2D eigenvalue weighted by Gasteiger charge is -2.30. The molecule has 1 aliphatic heterocycles. The fraction of sp³-hybridized carbons (Fsp3) is 0.345. The lowest BCUT2D eigenvalue weighted by atomic mass is 9.93. The largest absolute Gasteiger partial charge is 0.481 e. The summed E-state index contributed by atoms with van der Waals surface area (Å²) in [5.74, 6) is -1.73. The van der Waals surface area contributed by atoms with Gasteiger partial charge in [0.05, 0.1) is 12.0 Å². The van der Waals surface area contributed by atoms with Gasteiger partial charge in [-0.1, -0.05) is 18.2 Å². The SMILES string of the molecule is Cc1cc(-c2ccncc2)ccc1C(CCC(F)(F)F)Nc1ccc(C(=O)N2CCC[C@@H](C(=O)O)C2)cc1. The number of rotatable bonds is 8. The molecule has 2 N–H and O–H groups in total. The van der Waals surface area contributed by atoms with Crippen LogP contribution in [0.1, 0.15) is 53.2 Å². The summed E-state index contributed by atoms with van der Waals surface area (Å²) in [5.41, 5.74) is 4.55. The maximum Gasteiger partial charge on any atom is 0.389 e. The number of halogens is 3. The molecule has 38 heavy (non-hydrogen) atoms. The van der Waals surface area contributed by atoms with Gasteiger partial charge in [0.15, 0.2) is 0 Å². The zero-order chi connectivity index (χ0) is 27.3. The minimum Gasteiger partial charge on any atom is -0.481 e. The Morgan fingerprint density at radius 2 is 1.79 bits per heavy atom. The first-order valence-electron chi connectivity index (χ1n) is 12.6. The number of likely N-dealkylation sites (tertiary alicyclic amines) is 1. The van der Waals surface area contributed by atoms with Gasteiger partial charge < -0.3 is 15.3 Å². The van der Waals surface area contributed by atoms with E-state index in [2.05, 4.69) is 10.3 Å². The van der Waals surface area contributed by atoms with Gasteiger partial charge in [0, 0.05) is 43.2 Å². The number of carboxylic acids is 1. The Morgan fingerprint density at radius 3 is 2.42 bits per heavy atom. The fourth-order valence-corrected chi connectivity index (χ4v) is 4.86. The van der Waals surface area contributed by atoms with Gasteiger partial charge in [-0.05, 0) is 84.8 Å². The number of benzene rings is 2. The van der Waals surface area contributed by atoms with E-state index in [-0.39, 0.29) is 18.9 Å². The van der Waals surface area contributed by atoms with Gasteiger partial charge in [-0.3, -0.25) is 14.6 Å². The lowest BCUT2D eigenvalue weighted by molar-refractivity contribution is -0.143. The zero-order valence-electron chi connectivity index (χ0n) is 21.0. The van der Waals surface area contributed by atoms with Crippen LogP contribution >= 0.6 is 0 Å². The molecule has 1 fully saturated rings. The molecule has 1 unspecified atom stereocenters. The molecule has 4 rings (SSSR count). The molecule has 2 aromatic carbocycles. The molecule has 0 saturated carbocycles. The predicted molar refractivity (Wildman–Crippen MR) is 139 cm³/mol. The Bertz CT molecular complexity index is 1260. The molecule has 0 spiro atoms. The fourth-order valence-electron chi connectivity index (χ4n) is 4.86. The highest BCUT2D eigenvalue weighted by molar-refractivity contribution is 5.95. The number of carbonyl (C=O) groups is 2. The maximum atomic E-state index is 13.1. The number of hydrogen-bond acceptors (Lipinski definition) is 4. The number of pyridine rings is 1. The van der Waals surface area contributed by atoms with Crippen LogP contribution in [-0.4, -0.2) is 46.1 Å². The number of carbonyl (C=O) groups excluding carboxylic acids is 1. The number of anilines is 1. The van der Waals surface area contributed by atoms with E-state index in [1.165, 1.54) is 0 Å². The number of aryl methyl sites for hydroxylation is 1. The van der Waals surface area contributed by atoms with Gasteiger partial charge in [-0.25, -0.2) is 0 Å². The summed E-state index contributed by atoms with van der Waals surface area (Å²) in [7, 11) is 0. The van der Waals surface area contributed by atoms with Crippen LogP contribution in [0.3, 0.4) is 0 Å². The second-order valence-corrected chi connectivity index (χ2v) is 9.66. The smallest absolute Gasteiger partial charge is 0.389 e. The van der Waals surface area contributed by atoms with Crippen molar-refractivity contribution in [2.24, 2.45) is 5.92 Å². The van der Waals surface area contributed by atoms with Crippen molar-refractivity contribution in [2.75, 3.05) is 18.4 Å². The monoisotopic (exact) mass is 525 g/mol. The number of nitrogens with one attached hydrogen (secondary N) is 1. The number of aromatic nitrogens is 1. The topological polar surface area (TPSA) is 82.5 Å². The quantitative estimate of drug-likeness (QED) is 0.351. The summed E-state index contributed by atoms with van der Waals surface area (Å²) >= 11 is 0. The summed E-state index contributed by atoms with van der Waals surface area (Å²) in [6.45, 7) is 2.55. The molecule has 0 aliphatic carbocycles. The van der Waals surface area contributed by atoms with Crippen molar-refractivity contribution in [3.05, 3.63) is 83.7 Å². The third-order valence-corrected chi connectivity index (χ3v) is 6.91. The van der Waals surface area contributed by atoms with E-state index in [9.17, 15) is 27.9 Å². The average molecular weight is 526 g/mol. The van der Waals surface area contributed by atoms with Crippen molar-refractivity contribution in [2.45, 2.75) is 44.8 Å². The lowest BCUT2D eigenvalue weighted by Crippen LogP contribution is -2.42. The minimum absolute atomic E-state index is 0.149. The van der Waals surface area contributed by atoms with E-state index in [0.29, 0.717) is 30.6 Å². The standard InChI is InChI=1S/C29H30F3N3O3/c1-19-17-22(20-11-14-33-15-12-20)6-9-25(19)26(10-13-29(30,31)32)34-24-7-4-21(5-8-24)27(36)35-16-2-3-23(18-35)28(37)38/h4-9,11-12,14-15,17,23,26,34H,2-3,10,13,16,18H2,1H3,(H,37,38)/t23-,26?/m1/s1. The van der Waals surface area contributed by atoms with Crippen LogP contribution in [0.15, 0.2) is 67.0 Å². The van der Waals surface area contributed by atoms with Crippen LogP contribution in [0.25, 0.3) is 11.1 Å². The molecule has 9 heteroatoms. The van der Waals surface area contributed by atoms with Crippen LogP contribution < -0.4 is 5.32 Å². The predicted octanol–water partition coefficient (Wildman–Crippen LogP) is 6.49. The highest BCUT2D eigenvalue weighted by atomic mass is 19.4. The van der Waals surface area contributed by atoms with Gasteiger partial charge in [0.2, 0.25) is 0 Å². The van der Waals surface area contributed by atoms with Crippen molar-refractivity contribution in [3.63, 3.8) is 0 Å². The van der Waals surface area contributed by atoms with Crippen LogP contribution in [0, 0.1) is 12.8 Å². The summed E-state index contributed by atoms with van der Waals surface area (Å²) in [6, 6.07) is 15.5. The molecular weight excluding hydrogens is 495 g/mol. The third-order valence-electron chi connectivity index (χ3n) is 6.91. The Labute approximate surface area is 219 Å². The van der Waals surface area contributed by atoms with E-state index >= 15 is 0 Å². The highest BCUT2D eigenvalue weighted by Gasteiger charge is 2.30. The van der Waals surface area contributed by atoms with Gasteiger partial charge in [-0.15, -0.1) is 0 Å². The second-order valence-electron chi connectivity index (χ2n) is 9.66. The molecule has 200 valence electrons. The molecule has 0 radical (unpaired) electrons. The minimum atomic E-state index is -4.29. The summed E-state index contributed by atoms with van der Waals surface area (Å²) < 4.78 is 39.4. The van der Waals surface area contributed by atoms with E-state index in [1.54, 1.807) is 41.6 Å². The number of carboxylic acid groups (broad SMARTS) is 1. The Morgan fingerprint density at radius 1 is 1.08 bits per heavy atom. The summed E-state index contributed by atoms with van der Waals surface area (Å²) in [4.78, 5) is 29.8. The summed E-state index contributed by atoms with van der Waals surface area (Å²) in [6.07, 6.45) is -0.820. The second kappa shape index (κ2) is 11.7. The van der Waals surface area contributed by atoms with Gasteiger partial charge >= 0.3 is 12.1 Å². The number of amides is 1. The normalized spacial score (nSPS) is 16.6. The Balaban J connectivity index is 1.51. The number of hydrogen-bond donors (Lipinski definition) is 2. The third kappa shape index (κ3) is 6.90. The van der Waals surface area contributed by atoms with Crippen LogP contribution in [-0.2, 0) is 4.79 Å². The number of aliphatic carboxylic acids is 1. The van der Waals surface area contributed by atoms with Crippen molar-refractivity contribution in [1.29, 1.82) is 0 Å². The highest BCUT2D eigenvalue weighted by Crippen LogP contribution is 2.33. The average Bonchev–Trinajstić information content (AvgIpc) is 2.91. The summed E-state index contributed by atoms with van der Waals surface area (Å²) in [5, 5.41) is 12.5. The van der Waals surface area contributed by atoms with Crippen LogP contribution in [0.4, 0.5) is 18.9 Å². The van der Waals surface area contributed by atoms with Crippen molar-refractivity contribution >= 4 is 17.6 Å². The van der Waals surface area contributed by atoms with E-state index in [4.69, 9.17) is 0 Å². The molecule has 2 atom stereocenters. The molecule has 3 aromatic rings. The number of nitrogens with zero attached hydrogens (tertiary/aromatic N) is 2. The van der Waals surface area contributed by atoms with Crippen LogP contribution in [0.5, 0.6) is 0 Å². The molecule has 1 aliphatic rings. The first-order valence-corrected chi connectivity index (χ1v) is 12.6. The molecule has 2 heterocycles. The van der Waals surface area contributed by atoms with Crippen molar-refractivity contribution < 1.29 is 27.9 Å². The number of piperidine rings is 1. The van der Waals surface area contributed by atoms with E-state index in [1.807, 2.05) is 37.3 Å². The maximum absolute atomic E-state index is 13.1. The Kier molecular flexibility index (Phi) is 8.34. The van der Waals surface area contributed by atoms with Crippen molar-refractivity contribution in [3.8, 4) is 11.1 Å². The molecule has 1 aromatic heterocycles. The molecule has 1 saturated heterocycles. The molecular formula is C29H30F3N3O3. The van der Waals surface area contributed by atoms with Crippen LogP contribution in [0.2, 0.25) is 0 Å². The Hall–Kier alpha value is -3.88. The van der Waals surface area contributed by atoms with E-state index < -0.39 is 30.5 Å². The zero-order valence-corrected chi connectivity index (χ0v) is 21.0. The first kappa shape index (κ1) is 27.2. The number of alkyl halides is 3. The first-order chi connectivity index (χ1) is 18.1. The molecule has 1 amide bonds.